The second-order valence-corrected chi connectivity index (χ2v) is 6.74. The Morgan fingerprint density at radius 3 is 2.41 bits per heavy atom. The molecule has 0 fully saturated rings. The minimum atomic E-state index is -0.272. The van der Waals surface area contributed by atoms with Gasteiger partial charge in [0.05, 0.1) is 6.54 Å². The van der Waals surface area contributed by atoms with Crippen LogP contribution in [0.3, 0.4) is 0 Å². The quantitative estimate of drug-likeness (QED) is 0.721. The van der Waals surface area contributed by atoms with Crippen LogP contribution >= 0.6 is 11.6 Å². The Morgan fingerprint density at radius 1 is 1.07 bits per heavy atom. The minimum absolute atomic E-state index is 0.0474. The van der Waals surface area contributed by atoms with Crippen LogP contribution in [0.2, 0.25) is 5.02 Å². The normalized spacial score (nSPS) is 10.5. The molecule has 0 bridgehead atoms. The fourth-order valence-corrected chi connectivity index (χ4v) is 2.88. The molecule has 2 amide bonds. The van der Waals surface area contributed by atoms with Crippen molar-refractivity contribution in [1.82, 2.24) is 9.47 Å². The molecule has 0 atom stereocenters. The third-order valence-corrected chi connectivity index (χ3v) is 4.45. The summed E-state index contributed by atoms with van der Waals surface area (Å²) in [7, 11) is 1.61. The summed E-state index contributed by atoms with van der Waals surface area (Å²) in [5.41, 5.74) is 3.16. The molecule has 3 rings (SSSR count). The third-order valence-electron chi connectivity index (χ3n) is 4.19. The Kier molecular flexibility index (Phi) is 5.62. The number of aryl methyl sites for hydroxylation is 1. The highest BCUT2D eigenvalue weighted by Crippen LogP contribution is 2.18. The first-order valence-corrected chi connectivity index (χ1v) is 8.87. The number of likely N-dealkylation sites (N-methyl/N-ethyl adjacent to an activating group) is 1. The van der Waals surface area contributed by atoms with Gasteiger partial charge in [-0.1, -0.05) is 17.7 Å². The zero-order valence-electron chi connectivity index (χ0n) is 15.1. The molecule has 0 unspecified atom stereocenters. The number of amides is 2. The Morgan fingerprint density at radius 2 is 1.74 bits per heavy atom. The molecule has 1 N–H and O–H groups in total. The lowest BCUT2D eigenvalue weighted by molar-refractivity contribution is -0.116. The highest BCUT2D eigenvalue weighted by Gasteiger charge is 2.16. The van der Waals surface area contributed by atoms with E-state index in [1.54, 1.807) is 37.4 Å². The summed E-state index contributed by atoms with van der Waals surface area (Å²) in [4.78, 5) is 26.3. The maximum atomic E-state index is 12.7. The first-order chi connectivity index (χ1) is 12.9. The Labute approximate surface area is 163 Å². The van der Waals surface area contributed by atoms with Gasteiger partial charge < -0.3 is 14.8 Å². The summed E-state index contributed by atoms with van der Waals surface area (Å²) in [5, 5.41) is 3.35. The minimum Gasteiger partial charge on any atom is -0.332 e. The number of rotatable bonds is 5. The number of nitrogens with one attached hydrogen (secondary N) is 1. The van der Waals surface area contributed by atoms with Crippen molar-refractivity contribution in [2.75, 3.05) is 18.9 Å². The number of hydrogen-bond acceptors (Lipinski definition) is 2. The number of anilines is 1. The van der Waals surface area contributed by atoms with Crippen LogP contribution in [0.4, 0.5) is 5.69 Å². The van der Waals surface area contributed by atoms with E-state index in [2.05, 4.69) is 5.32 Å². The summed E-state index contributed by atoms with van der Waals surface area (Å²) >= 11 is 5.84. The fourth-order valence-electron chi connectivity index (χ4n) is 2.76. The van der Waals surface area contributed by atoms with Crippen molar-refractivity contribution in [3.05, 3.63) is 83.1 Å². The summed E-state index contributed by atoms with van der Waals surface area (Å²) in [6.07, 6.45) is 3.86. The molecule has 138 valence electrons. The first kappa shape index (κ1) is 18.7. The average Bonchev–Trinajstić information content (AvgIpc) is 3.18. The van der Waals surface area contributed by atoms with E-state index in [9.17, 15) is 9.59 Å². The second kappa shape index (κ2) is 8.10. The molecule has 0 aliphatic heterocycles. The van der Waals surface area contributed by atoms with E-state index >= 15 is 0 Å². The number of carbonyl (C=O) groups is 2. The molecule has 0 aliphatic carbocycles. The van der Waals surface area contributed by atoms with Gasteiger partial charge in [0.1, 0.15) is 0 Å². The molecule has 0 saturated heterocycles. The lowest BCUT2D eigenvalue weighted by Gasteiger charge is -2.18. The molecule has 27 heavy (non-hydrogen) atoms. The highest BCUT2D eigenvalue weighted by atomic mass is 35.5. The van der Waals surface area contributed by atoms with E-state index in [0.717, 1.165) is 11.3 Å². The van der Waals surface area contributed by atoms with E-state index in [0.29, 0.717) is 16.3 Å². The summed E-state index contributed by atoms with van der Waals surface area (Å²) in [5.74, 6) is -0.486. The summed E-state index contributed by atoms with van der Waals surface area (Å²) in [6, 6.07) is 16.2. The van der Waals surface area contributed by atoms with Gasteiger partial charge in [0.15, 0.2) is 0 Å². The molecule has 3 aromatic rings. The topological polar surface area (TPSA) is 54.3 Å². The molecule has 0 saturated carbocycles. The maximum Gasteiger partial charge on any atom is 0.254 e. The van der Waals surface area contributed by atoms with Gasteiger partial charge in [-0.15, -0.1) is 0 Å². The van der Waals surface area contributed by atoms with Gasteiger partial charge in [0.2, 0.25) is 5.91 Å². The number of carbonyl (C=O) groups excluding carboxylic acids is 2. The zero-order valence-corrected chi connectivity index (χ0v) is 15.9. The summed E-state index contributed by atoms with van der Waals surface area (Å²) < 4.78 is 1.96. The molecule has 2 aromatic carbocycles. The molecule has 1 aromatic heterocycles. The number of benzene rings is 2. The number of hydrogen-bond donors (Lipinski definition) is 1. The third kappa shape index (κ3) is 4.57. The van der Waals surface area contributed by atoms with Crippen molar-refractivity contribution in [1.29, 1.82) is 0 Å². The van der Waals surface area contributed by atoms with Gasteiger partial charge in [-0.05, 0) is 61.0 Å². The second-order valence-electron chi connectivity index (χ2n) is 6.31. The van der Waals surface area contributed by atoms with Crippen molar-refractivity contribution in [2.24, 2.45) is 0 Å². The Hall–Kier alpha value is -3.05. The van der Waals surface area contributed by atoms with Gasteiger partial charge in [0, 0.05) is 41.4 Å². The number of halogens is 1. The first-order valence-electron chi connectivity index (χ1n) is 8.49. The van der Waals surface area contributed by atoms with E-state index in [-0.39, 0.29) is 18.4 Å². The maximum absolute atomic E-state index is 12.7. The van der Waals surface area contributed by atoms with Crippen LogP contribution in [0, 0.1) is 6.92 Å². The smallest absolute Gasteiger partial charge is 0.254 e. The van der Waals surface area contributed by atoms with Crippen molar-refractivity contribution < 1.29 is 9.59 Å². The predicted octanol–water partition coefficient (Wildman–Crippen LogP) is 4.15. The predicted molar refractivity (Wildman–Crippen MR) is 108 cm³/mol. The molecular formula is C21H20ClN3O2. The lowest BCUT2D eigenvalue weighted by Crippen LogP contribution is -2.35. The number of aromatic nitrogens is 1. The van der Waals surface area contributed by atoms with E-state index in [1.807, 2.05) is 48.1 Å². The molecule has 5 nitrogen and oxygen atoms in total. The molecule has 0 spiro atoms. The fraction of sp³-hybridized carbons (Fsp3) is 0.143. The average molecular weight is 382 g/mol. The van der Waals surface area contributed by atoms with Gasteiger partial charge in [-0.3, -0.25) is 9.59 Å². The zero-order chi connectivity index (χ0) is 19.4. The molecule has 0 aliphatic rings. The van der Waals surface area contributed by atoms with Crippen LogP contribution in [0.15, 0.2) is 67.0 Å². The monoisotopic (exact) mass is 381 g/mol. The Balaban J connectivity index is 1.69. The van der Waals surface area contributed by atoms with Crippen molar-refractivity contribution in [3.63, 3.8) is 0 Å². The van der Waals surface area contributed by atoms with Gasteiger partial charge in [0.25, 0.3) is 5.91 Å². The van der Waals surface area contributed by atoms with Crippen LogP contribution in [0.25, 0.3) is 5.69 Å². The molecular weight excluding hydrogens is 362 g/mol. The van der Waals surface area contributed by atoms with E-state index in [4.69, 9.17) is 11.6 Å². The SMILES string of the molecule is Cc1ccc(C(=O)N(C)CC(=O)Nc2ccc(Cl)cc2)cc1-n1cccc1. The van der Waals surface area contributed by atoms with Crippen LogP contribution < -0.4 is 5.32 Å². The number of nitrogens with zero attached hydrogens (tertiary/aromatic N) is 2. The van der Waals surface area contributed by atoms with Gasteiger partial charge >= 0.3 is 0 Å². The molecule has 6 heteroatoms. The highest BCUT2D eigenvalue weighted by molar-refractivity contribution is 6.30. The van der Waals surface area contributed by atoms with Crippen LogP contribution in [0.5, 0.6) is 0 Å². The van der Waals surface area contributed by atoms with E-state index < -0.39 is 0 Å². The molecule has 1 heterocycles. The van der Waals surface area contributed by atoms with Crippen molar-refractivity contribution >= 4 is 29.1 Å². The Bertz CT molecular complexity index is 950. The van der Waals surface area contributed by atoms with Crippen LogP contribution in [0.1, 0.15) is 15.9 Å². The lowest BCUT2D eigenvalue weighted by atomic mass is 10.1. The van der Waals surface area contributed by atoms with E-state index in [1.165, 1.54) is 4.90 Å². The van der Waals surface area contributed by atoms with Crippen LogP contribution in [-0.2, 0) is 4.79 Å². The van der Waals surface area contributed by atoms with Gasteiger partial charge in [-0.25, -0.2) is 0 Å². The molecule has 0 radical (unpaired) electrons. The summed E-state index contributed by atoms with van der Waals surface area (Å²) in [6.45, 7) is 1.95. The standard InChI is InChI=1S/C21H20ClN3O2/c1-15-5-6-16(13-19(15)25-11-3-4-12-25)21(27)24(2)14-20(26)23-18-9-7-17(22)8-10-18/h3-13H,14H2,1-2H3,(H,23,26). The van der Waals surface area contributed by atoms with Crippen molar-refractivity contribution in [2.45, 2.75) is 6.92 Å². The van der Waals surface area contributed by atoms with Crippen LogP contribution in [-0.4, -0.2) is 34.9 Å². The van der Waals surface area contributed by atoms with Gasteiger partial charge in [-0.2, -0.15) is 0 Å². The van der Waals surface area contributed by atoms with Crippen molar-refractivity contribution in [3.8, 4) is 5.69 Å². The largest absolute Gasteiger partial charge is 0.332 e.